The fourth-order valence-electron chi connectivity index (χ4n) is 2.86. The van der Waals surface area contributed by atoms with Crippen LogP contribution in [-0.2, 0) is 0 Å². The third-order valence-electron chi connectivity index (χ3n) is 3.92. The van der Waals surface area contributed by atoms with Crippen molar-refractivity contribution in [1.82, 2.24) is 0 Å². The summed E-state index contributed by atoms with van der Waals surface area (Å²) in [6.45, 7) is 1.15. The summed E-state index contributed by atoms with van der Waals surface area (Å²) in [7, 11) is 0. The molecule has 4 rings (SSSR count). The molecule has 21 heavy (non-hydrogen) atoms. The summed E-state index contributed by atoms with van der Waals surface area (Å²) in [5, 5.41) is 3.43. The van der Waals surface area contributed by atoms with Gasteiger partial charge in [0.25, 0.3) is 0 Å². The van der Waals surface area contributed by atoms with Crippen molar-refractivity contribution in [3.8, 4) is 11.5 Å². The number of hydrogen-bond donors (Lipinski definition) is 1. The molecule has 2 heterocycles. The SMILES string of the molecule is O=C1CC(c2ccc3c(c2)OCCO3)Nc2ccccc21. The van der Waals surface area contributed by atoms with E-state index in [0.717, 1.165) is 28.3 Å². The van der Waals surface area contributed by atoms with Gasteiger partial charge in [-0.15, -0.1) is 0 Å². The monoisotopic (exact) mass is 281 g/mol. The number of anilines is 1. The predicted octanol–water partition coefficient (Wildman–Crippen LogP) is 3.20. The van der Waals surface area contributed by atoms with Crippen LogP contribution in [0.2, 0.25) is 0 Å². The summed E-state index contributed by atoms with van der Waals surface area (Å²) in [6, 6.07) is 13.5. The lowest BCUT2D eigenvalue weighted by molar-refractivity contribution is 0.0972. The molecule has 0 spiro atoms. The first-order valence-corrected chi connectivity index (χ1v) is 7.09. The summed E-state index contributed by atoms with van der Waals surface area (Å²) in [5.41, 5.74) is 2.71. The maximum absolute atomic E-state index is 12.3. The molecule has 0 saturated carbocycles. The van der Waals surface area contributed by atoms with Crippen LogP contribution in [0.25, 0.3) is 0 Å². The van der Waals surface area contributed by atoms with Gasteiger partial charge in [0.2, 0.25) is 0 Å². The summed E-state index contributed by atoms with van der Waals surface area (Å²) in [4.78, 5) is 12.3. The number of ether oxygens (including phenoxy) is 2. The second kappa shape index (κ2) is 4.81. The van der Waals surface area contributed by atoms with E-state index in [1.807, 2.05) is 42.5 Å². The number of carbonyl (C=O) groups excluding carboxylic acids is 1. The summed E-state index contributed by atoms with van der Waals surface area (Å²) >= 11 is 0. The minimum atomic E-state index is -0.0248. The van der Waals surface area contributed by atoms with E-state index >= 15 is 0 Å². The van der Waals surface area contributed by atoms with E-state index in [-0.39, 0.29) is 11.8 Å². The number of benzene rings is 2. The lowest BCUT2D eigenvalue weighted by Crippen LogP contribution is -2.23. The van der Waals surface area contributed by atoms with Crippen molar-refractivity contribution in [2.45, 2.75) is 12.5 Å². The van der Waals surface area contributed by atoms with Gasteiger partial charge < -0.3 is 14.8 Å². The van der Waals surface area contributed by atoms with Crippen LogP contribution in [0.3, 0.4) is 0 Å². The van der Waals surface area contributed by atoms with Crippen molar-refractivity contribution in [2.24, 2.45) is 0 Å². The number of fused-ring (bicyclic) bond motifs is 2. The van der Waals surface area contributed by atoms with Crippen LogP contribution in [0.15, 0.2) is 42.5 Å². The smallest absolute Gasteiger partial charge is 0.167 e. The fourth-order valence-corrected chi connectivity index (χ4v) is 2.86. The molecule has 0 aromatic heterocycles. The van der Waals surface area contributed by atoms with Gasteiger partial charge in [-0.3, -0.25) is 4.79 Å². The maximum Gasteiger partial charge on any atom is 0.167 e. The van der Waals surface area contributed by atoms with Gasteiger partial charge in [-0.1, -0.05) is 18.2 Å². The Kier molecular flexibility index (Phi) is 2.81. The zero-order chi connectivity index (χ0) is 14.2. The van der Waals surface area contributed by atoms with Crippen molar-refractivity contribution in [3.05, 3.63) is 53.6 Å². The Labute approximate surface area is 122 Å². The van der Waals surface area contributed by atoms with Gasteiger partial charge in [0.05, 0.1) is 6.04 Å². The molecule has 0 fully saturated rings. The molecule has 4 nitrogen and oxygen atoms in total. The zero-order valence-corrected chi connectivity index (χ0v) is 11.5. The normalized spacial score (nSPS) is 19.6. The minimum absolute atomic E-state index is 0.0248. The second-order valence-corrected chi connectivity index (χ2v) is 5.27. The highest BCUT2D eigenvalue weighted by Gasteiger charge is 2.26. The van der Waals surface area contributed by atoms with Crippen LogP contribution in [0, 0.1) is 0 Å². The van der Waals surface area contributed by atoms with Crippen molar-refractivity contribution >= 4 is 11.5 Å². The first-order valence-electron chi connectivity index (χ1n) is 7.09. The van der Waals surface area contributed by atoms with Gasteiger partial charge in [-0.25, -0.2) is 0 Å². The number of nitrogens with one attached hydrogen (secondary N) is 1. The van der Waals surface area contributed by atoms with Gasteiger partial charge >= 0.3 is 0 Å². The van der Waals surface area contributed by atoms with Crippen molar-refractivity contribution in [2.75, 3.05) is 18.5 Å². The van der Waals surface area contributed by atoms with Gasteiger partial charge in [0, 0.05) is 17.7 Å². The highest BCUT2D eigenvalue weighted by Crippen LogP contribution is 2.37. The lowest BCUT2D eigenvalue weighted by atomic mass is 9.92. The number of Topliss-reactive ketones (excluding diaryl/α,β-unsaturated/α-hetero) is 1. The van der Waals surface area contributed by atoms with Crippen LogP contribution in [0.4, 0.5) is 5.69 Å². The third kappa shape index (κ3) is 2.13. The molecule has 1 N–H and O–H groups in total. The van der Waals surface area contributed by atoms with E-state index in [4.69, 9.17) is 9.47 Å². The summed E-state index contributed by atoms with van der Waals surface area (Å²) < 4.78 is 11.1. The zero-order valence-electron chi connectivity index (χ0n) is 11.5. The minimum Gasteiger partial charge on any atom is -0.486 e. The molecule has 2 aliphatic rings. The third-order valence-corrected chi connectivity index (χ3v) is 3.92. The molecule has 2 aliphatic heterocycles. The Morgan fingerprint density at radius 2 is 1.81 bits per heavy atom. The van der Waals surface area contributed by atoms with Gasteiger partial charge in [0.15, 0.2) is 17.3 Å². The lowest BCUT2D eigenvalue weighted by Gasteiger charge is -2.27. The molecule has 0 bridgehead atoms. The van der Waals surface area contributed by atoms with Crippen LogP contribution in [0.5, 0.6) is 11.5 Å². The maximum atomic E-state index is 12.3. The number of carbonyl (C=O) groups is 1. The summed E-state index contributed by atoms with van der Waals surface area (Å²) in [6.07, 6.45) is 0.455. The van der Waals surface area contributed by atoms with E-state index in [1.165, 1.54) is 0 Å². The second-order valence-electron chi connectivity index (χ2n) is 5.27. The fraction of sp³-hybridized carbons (Fsp3) is 0.235. The van der Waals surface area contributed by atoms with Crippen molar-refractivity contribution in [1.29, 1.82) is 0 Å². The number of para-hydroxylation sites is 1. The Morgan fingerprint density at radius 3 is 2.71 bits per heavy atom. The molecule has 4 heteroatoms. The Hall–Kier alpha value is -2.49. The molecule has 2 aromatic carbocycles. The van der Waals surface area contributed by atoms with E-state index in [0.29, 0.717) is 19.6 Å². The Balaban J connectivity index is 1.67. The highest BCUT2D eigenvalue weighted by atomic mass is 16.6. The summed E-state index contributed by atoms with van der Waals surface area (Å²) in [5.74, 6) is 1.70. The average Bonchev–Trinajstić information content (AvgIpc) is 2.54. The average molecular weight is 281 g/mol. The molecular weight excluding hydrogens is 266 g/mol. The number of hydrogen-bond acceptors (Lipinski definition) is 4. The number of rotatable bonds is 1. The molecule has 2 aromatic rings. The topological polar surface area (TPSA) is 47.6 Å². The largest absolute Gasteiger partial charge is 0.486 e. The van der Waals surface area contributed by atoms with Gasteiger partial charge in [0.1, 0.15) is 13.2 Å². The van der Waals surface area contributed by atoms with E-state index in [2.05, 4.69) is 5.32 Å². The quantitative estimate of drug-likeness (QED) is 0.872. The van der Waals surface area contributed by atoms with Crippen molar-refractivity contribution < 1.29 is 14.3 Å². The van der Waals surface area contributed by atoms with Crippen LogP contribution >= 0.6 is 0 Å². The van der Waals surface area contributed by atoms with E-state index in [9.17, 15) is 4.79 Å². The number of ketones is 1. The predicted molar refractivity (Wildman–Crippen MR) is 79.2 cm³/mol. The standard InChI is InChI=1S/C17H15NO3/c19-15-10-14(18-13-4-2-1-3-12(13)15)11-5-6-16-17(9-11)21-8-7-20-16/h1-6,9,14,18H,7-8,10H2. The van der Waals surface area contributed by atoms with E-state index in [1.54, 1.807) is 0 Å². The van der Waals surface area contributed by atoms with Gasteiger partial charge in [-0.2, -0.15) is 0 Å². The van der Waals surface area contributed by atoms with Crippen LogP contribution in [0.1, 0.15) is 28.4 Å². The van der Waals surface area contributed by atoms with Crippen molar-refractivity contribution in [3.63, 3.8) is 0 Å². The van der Waals surface area contributed by atoms with Crippen LogP contribution in [-0.4, -0.2) is 19.0 Å². The molecule has 0 aliphatic carbocycles. The Bertz CT molecular complexity index is 711. The molecular formula is C17H15NO3. The molecule has 106 valence electrons. The highest BCUT2D eigenvalue weighted by molar-refractivity contribution is 6.03. The van der Waals surface area contributed by atoms with Gasteiger partial charge in [-0.05, 0) is 29.8 Å². The molecule has 1 unspecified atom stereocenters. The first-order chi connectivity index (χ1) is 10.3. The first kappa shape index (κ1) is 12.3. The molecule has 0 saturated heterocycles. The molecule has 0 amide bonds. The Morgan fingerprint density at radius 1 is 1.00 bits per heavy atom. The van der Waals surface area contributed by atoms with Crippen LogP contribution < -0.4 is 14.8 Å². The van der Waals surface area contributed by atoms with E-state index < -0.39 is 0 Å². The molecule has 0 radical (unpaired) electrons. The molecule has 1 atom stereocenters.